The van der Waals surface area contributed by atoms with Crippen LogP contribution < -0.4 is 10.1 Å². The van der Waals surface area contributed by atoms with Gasteiger partial charge in [-0.05, 0) is 31.2 Å². The molecule has 78 valence electrons. The second-order valence-corrected chi connectivity index (χ2v) is 2.79. The third kappa shape index (κ3) is 3.74. The number of carbonyl (C=O) groups excluding carboxylic acids is 1. The van der Waals surface area contributed by atoms with E-state index < -0.39 is 0 Å². The van der Waals surface area contributed by atoms with E-state index in [1.54, 1.807) is 7.05 Å². The molecule has 0 unspecified atom stereocenters. The lowest BCUT2D eigenvalue weighted by Gasteiger charge is -2.01. The lowest BCUT2D eigenvalue weighted by Crippen LogP contribution is -2.14. The topological polar surface area (TPSA) is 38.3 Å². The Morgan fingerprint density at radius 3 is 2.60 bits per heavy atom. The van der Waals surface area contributed by atoms with Crippen molar-refractivity contribution in [1.82, 2.24) is 5.32 Å². The van der Waals surface area contributed by atoms with E-state index in [0.717, 1.165) is 11.3 Å². The Kier molecular flexibility index (Phi) is 4.24. The van der Waals surface area contributed by atoms with E-state index in [4.69, 9.17) is 4.74 Å². The molecule has 0 aliphatic rings. The largest absolute Gasteiger partial charge is 0.494 e. The maximum atomic E-state index is 10.8. The first-order valence-corrected chi connectivity index (χ1v) is 4.73. The van der Waals surface area contributed by atoms with Gasteiger partial charge in [0.2, 0.25) is 0 Å². The molecule has 1 rings (SSSR count). The van der Waals surface area contributed by atoms with Crippen molar-refractivity contribution in [2.24, 2.45) is 0 Å². The van der Waals surface area contributed by atoms with Crippen molar-refractivity contribution in [2.75, 3.05) is 13.7 Å². The minimum atomic E-state index is -0.288. The molecule has 0 saturated heterocycles. The first-order chi connectivity index (χ1) is 7.26. The highest BCUT2D eigenvalue weighted by atomic mass is 16.5. The van der Waals surface area contributed by atoms with Gasteiger partial charge < -0.3 is 10.1 Å². The van der Waals surface area contributed by atoms with Crippen molar-refractivity contribution in [3.8, 4) is 17.6 Å². The molecule has 0 aliphatic heterocycles. The van der Waals surface area contributed by atoms with Gasteiger partial charge in [-0.3, -0.25) is 4.79 Å². The summed E-state index contributed by atoms with van der Waals surface area (Å²) in [5, 5.41) is 2.43. The summed E-state index contributed by atoms with van der Waals surface area (Å²) in [6, 6.07) is 7.30. The number of nitrogens with one attached hydrogen (secondary N) is 1. The molecular weight excluding hydrogens is 190 g/mol. The lowest BCUT2D eigenvalue weighted by molar-refractivity contribution is -0.115. The van der Waals surface area contributed by atoms with Crippen LogP contribution in [0.3, 0.4) is 0 Å². The van der Waals surface area contributed by atoms with E-state index in [-0.39, 0.29) is 5.91 Å². The van der Waals surface area contributed by atoms with Crippen molar-refractivity contribution in [3.63, 3.8) is 0 Å². The van der Waals surface area contributed by atoms with E-state index in [2.05, 4.69) is 17.2 Å². The Hall–Kier alpha value is -1.95. The van der Waals surface area contributed by atoms with E-state index in [1.807, 2.05) is 31.2 Å². The van der Waals surface area contributed by atoms with Gasteiger partial charge in [0.15, 0.2) is 0 Å². The molecule has 3 nitrogen and oxygen atoms in total. The average molecular weight is 203 g/mol. The average Bonchev–Trinajstić information content (AvgIpc) is 2.28. The quantitative estimate of drug-likeness (QED) is 0.733. The van der Waals surface area contributed by atoms with E-state index in [0.29, 0.717) is 6.61 Å². The molecule has 1 aromatic carbocycles. The van der Waals surface area contributed by atoms with Gasteiger partial charge in [-0.15, -0.1) is 0 Å². The summed E-state index contributed by atoms with van der Waals surface area (Å²) in [6.45, 7) is 2.57. The number of ether oxygens (including phenoxy) is 1. The van der Waals surface area contributed by atoms with Crippen LogP contribution in [0.5, 0.6) is 5.75 Å². The van der Waals surface area contributed by atoms with Gasteiger partial charge in [0.05, 0.1) is 6.61 Å². The SMILES string of the molecule is CCOc1ccc(C#CC(=O)NC)cc1. The molecule has 0 bridgehead atoms. The van der Waals surface area contributed by atoms with Crippen LogP contribution in [0.1, 0.15) is 12.5 Å². The van der Waals surface area contributed by atoms with Crippen molar-refractivity contribution in [1.29, 1.82) is 0 Å². The Balaban J connectivity index is 2.70. The van der Waals surface area contributed by atoms with Crippen LogP contribution >= 0.6 is 0 Å². The summed E-state index contributed by atoms with van der Waals surface area (Å²) in [7, 11) is 1.55. The second-order valence-electron chi connectivity index (χ2n) is 2.79. The molecule has 1 amide bonds. The fourth-order valence-corrected chi connectivity index (χ4v) is 0.993. The summed E-state index contributed by atoms with van der Waals surface area (Å²) in [6.07, 6.45) is 0. The van der Waals surface area contributed by atoms with Crippen LogP contribution in [0.2, 0.25) is 0 Å². The molecule has 0 aromatic heterocycles. The highest BCUT2D eigenvalue weighted by molar-refractivity contribution is 5.93. The molecule has 0 atom stereocenters. The Labute approximate surface area is 89.4 Å². The molecule has 15 heavy (non-hydrogen) atoms. The number of amides is 1. The zero-order chi connectivity index (χ0) is 11.1. The maximum absolute atomic E-state index is 10.8. The molecule has 0 aliphatic carbocycles. The maximum Gasteiger partial charge on any atom is 0.295 e. The molecule has 1 N–H and O–H groups in total. The van der Waals surface area contributed by atoms with E-state index >= 15 is 0 Å². The van der Waals surface area contributed by atoms with Crippen LogP contribution in [0.15, 0.2) is 24.3 Å². The number of carbonyl (C=O) groups is 1. The molecule has 1 aromatic rings. The number of benzene rings is 1. The molecular formula is C12H13NO2. The fraction of sp³-hybridized carbons (Fsp3) is 0.250. The van der Waals surface area contributed by atoms with Crippen LogP contribution in [0, 0.1) is 11.8 Å². The Bertz CT molecular complexity index is 384. The molecule has 3 heteroatoms. The molecule has 0 fully saturated rings. The lowest BCUT2D eigenvalue weighted by atomic mass is 10.2. The van der Waals surface area contributed by atoms with Crippen molar-refractivity contribution < 1.29 is 9.53 Å². The van der Waals surface area contributed by atoms with Crippen molar-refractivity contribution in [2.45, 2.75) is 6.92 Å². The predicted octanol–water partition coefficient (Wildman–Crippen LogP) is 1.18. The zero-order valence-electron chi connectivity index (χ0n) is 8.83. The van der Waals surface area contributed by atoms with E-state index in [9.17, 15) is 4.79 Å². The van der Waals surface area contributed by atoms with Gasteiger partial charge in [-0.25, -0.2) is 0 Å². The minimum absolute atomic E-state index is 0.288. The summed E-state index contributed by atoms with van der Waals surface area (Å²) < 4.78 is 5.28. The third-order valence-electron chi connectivity index (χ3n) is 1.71. The highest BCUT2D eigenvalue weighted by Gasteiger charge is 1.92. The fourth-order valence-electron chi connectivity index (χ4n) is 0.993. The number of hydrogen-bond donors (Lipinski definition) is 1. The predicted molar refractivity (Wildman–Crippen MR) is 58.6 cm³/mol. The van der Waals surface area contributed by atoms with Gasteiger partial charge in [-0.1, -0.05) is 5.92 Å². The van der Waals surface area contributed by atoms with Gasteiger partial charge in [0, 0.05) is 18.5 Å². The van der Waals surface area contributed by atoms with Gasteiger partial charge in [-0.2, -0.15) is 0 Å². The van der Waals surface area contributed by atoms with Crippen molar-refractivity contribution >= 4 is 5.91 Å². The molecule has 0 radical (unpaired) electrons. The van der Waals surface area contributed by atoms with Crippen LogP contribution in [-0.4, -0.2) is 19.6 Å². The number of hydrogen-bond acceptors (Lipinski definition) is 2. The standard InChI is InChI=1S/C12H13NO2/c1-3-15-11-7-4-10(5-8-11)6-9-12(14)13-2/h4-5,7-8H,3H2,1-2H3,(H,13,14). The first kappa shape index (κ1) is 11.1. The molecule has 0 spiro atoms. The van der Waals surface area contributed by atoms with Crippen LogP contribution in [0.25, 0.3) is 0 Å². The Morgan fingerprint density at radius 2 is 2.07 bits per heavy atom. The smallest absolute Gasteiger partial charge is 0.295 e. The minimum Gasteiger partial charge on any atom is -0.494 e. The van der Waals surface area contributed by atoms with Crippen LogP contribution in [-0.2, 0) is 4.79 Å². The van der Waals surface area contributed by atoms with Gasteiger partial charge >= 0.3 is 0 Å². The first-order valence-electron chi connectivity index (χ1n) is 4.73. The third-order valence-corrected chi connectivity index (χ3v) is 1.71. The normalized spacial score (nSPS) is 8.67. The number of rotatable bonds is 2. The highest BCUT2D eigenvalue weighted by Crippen LogP contribution is 2.10. The monoisotopic (exact) mass is 203 g/mol. The Morgan fingerprint density at radius 1 is 1.40 bits per heavy atom. The van der Waals surface area contributed by atoms with Gasteiger partial charge in [0.25, 0.3) is 5.91 Å². The second kappa shape index (κ2) is 5.71. The van der Waals surface area contributed by atoms with E-state index in [1.165, 1.54) is 0 Å². The zero-order valence-corrected chi connectivity index (χ0v) is 8.83. The summed E-state index contributed by atoms with van der Waals surface area (Å²) in [4.78, 5) is 10.8. The van der Waals surface area contributed by atoms with Crippen molar-refractivity contribution in [3.05, 3.63) is 29.8 Å². The summed E-state index contributed by atoms with van der Waals surface area (Å²) in [5.74, 6) is 5.73. The molecule has 0 heterocycles. The summed E-state index contributed by atoms with van der Waals surface area (Å²) in [5.41, 5.74) is 0.794. The van der Waals surface area contributed by atoms with Gasteiger partial charge in [0.1, 0.15) is 5.75 Å². The van der Waals surface area contributed by atoms with Crippen LogP contribution in [0.4, 0.5) is 0 Å². The summed E-state index contributed by atoms with van der Waals surface area (Å²) >= 11 is 0. The molecule has 0 saturated carbocycles.